The second-order valence-corrected chi connectivity index (χ2v) is 15.6. The Hall–Kier alpha value is -3.75. The standard InChI is InChI=1S/C32H45N3O10S/c1-28(2,3)32(27(40)41,29(4,5)6)44-20-12-11-17(13-21(20)43-16-23(36)37)31(10,42)35-24(38)25-34-18-14-19(33-15-22(18)46-25)26(39)45-30(7,8)9/h11-13,19,33,42H,14-16H2,1-10H3,(H,35,38)(H,36,37)(H,40,41)/p-2. The van der Waals surface area contributed by atoms with Gasteiger partial charge in [-0.2, -0.15) is 0 Å². The molecule has 0 radical (unpaired) electrons. The monoisotopic (exact) mass is 661 g/mol. The topological polar surface area (TPSA) is 199 Å². The number of nitrogens with one attached hydrogen (secondary N) is 2. The minimum atomic E-state index is -2.03. The van der Waals surface area contributed by atoms with Gasteiger partial charge in [0.25, 0.3) is 5.91 Å². The molecule has 0 saturated carbocycles. The van der Waals surface area contributed by atoms with Crippen molar-refractivity contribution in [2.75, 3.05) is 6.61 Å². The van der Waals surface area contributed by atoms with E-state index in [0.29, 0.717) is 12.2 Å². The lowest BCUT2D eigenvalue weighted by atomic mass is 9.62. The number of carboxylic acid groups (broad SMARTS) is 2. The molecular weight excluding hydrogens is 618 g/mol. The number of thiazole rings is 1. The van der Waals surface area contributed by atoms with Gasteiger partial charge in [0.05, 0.1) is 17.6 Å². The Bertz CT molecular complexity index is 1480. The van der Waals surface area contributed by atoms with E-state index in [0.717, 1.165) is 16.2 Å². The molecule has 1 aromatic carbocycles. The molecule has 0 fully saturated rings. The number of carbonyl (C=O) groups is 4. The van der Waals surface area contributed by atoms with Crippen LogP contribution in [0.5, 0.6) is 11.5 Å². The molecule has 1 aliphatic heterocycles. The highest BCUT2D eigenvalue weighted by molar-refractivity contribution is 7.13. The number of aromatic nitrogens is 1. The largest absolute Gasteiger partial charge is 0.546 e. The lowest BCUT2D eigenvalue weighted by Gasteiger charge is -2.53. The molecule has 0 saturated heterocycles. The van der Waals surface area contributed by atoms with Crippen molar-refractivity contribution in [1.29, 1.82) is 0 Å². The van der Waals surface area contributed by atoms with Gasteiger partial charge in [0.2, 0.25) is 0 Å². The Morgan fingerprint density at radius 3 is 2.13 bits per heavy atom. The minimum absolute atomic E-state index is 0.0550. The number of carbonyl (C=O) groups excluding carboxylic acids is 4. The predicted octanol–water partition coefficient (Wildman–Crippen LogP) is 1.18. The third kappa shape index (κ3) is 7.96. The van der Waals surface area contributed by atoms with Crippen LogP contribution in [0.2, 0.25) is 0 Å². The summed E-state index contributed by atoms with van der Waals surface area (Å²) in [6.45, 7) is 16.1. The number of ether oxygens (including phenoxy) is 3. The Labute approximate surface area is 272 Å². The normalized spacial score (nSPS) is 16.9. The molecule has 0 spiro atoms. The number of rotatable bonds is 10. The molecular formula is C32H43N3O10S-2. The van der Waals surface area contributed by atoms with E-state index in [9.17, 15) is 34.5 Å². The second-order valence-electron chi connectivity index (χ2n) is 14.5. The number of hydrogen-bond donors (Lipinski definition) is 3. The van der Waals surface area contributed by atoms with Gasteiger partial charge in [-0.25, -0.2) is 4.98 Å². The SMILES string of the molecule is CC(C)(C)OC(=O)C1Cc2nc(C(=O)NC(C)(O)c3ccc(OC(C(=O)[O-])(C(C)(C)C)C(C)(C)C)c(OCC(=O)[O-])c3)sc2CN1. The summed E-state index contributed by atoms with van der Waals surface area (Å²) in [5, 5.41) is 40.9. The quantitative estimate of drug-likeness (QED) is 0.243. The van der Waals surface area contributed by atoms with Crippen LogP contribution < -0.4 is 30.3 Å². The molecule has 46 heavy (non-hydrogen) atoms. The highest BCUT2D eigenvalue weighted by Crippen LogP contribution is 2.48. The first kappa shape index (κ1) is 36.7. The molecule has 3 rings (SSSR count). The maximum Gasteiger partial charge on any atom is 0.324 e. The third-order valence-corrected chi connectivity index (χ3v) is 8.54. The molecule has 2 aromatic rings. The van der Waals surface area contributed by atoms with Crippen molar-refractivity contribution in [1.82, 2.24) is 15.6 Å². The number of aliphatic carboxylic acids is 2. The van der Waals surface area contributed by atoms with Gasteiger partial charge in [-0.1, -0.05) is 47.6 Å². The summed E-state index contributed by atoms with van der Waals surface area (Å²) in [6.07, 6.45) is 0.224. The molecule has 1 aromatic heterocycles. The van der Waals surface area contributed by atoms with E-state index in [1.165, 1.54) is 25.1 Å². The lowest BCUT2D eigenvalue weighted by Crippen LogP contribution is -2.67. The number of hydrogen-bond acceptors (Lipinski definition) is 13. The highest BCUT2D eigenvalue weighted by atomic mass is 32.1. The Morgan fingerprint density at radius 1 is 1.00 bits per heavy atom. The van der Waals surface area contributed by atoms with E-state index in [1.807, 2.05) is 0 Å². The zero-order chi connectivity index (χ0) is 35.0. The molecule has 2 atom stereocenters. The van der Waals surface area contributed by atoms with Crippen LogP contribution in [0.3, 0.4) is 0 Å². The number of fused-ring (bicyclic) bond motifs is 1. The molecule has 254 valence electrons. The number of carboxylic acids is 2. The lowest BCUT2D eigenvalue weighted by molar-refractivity contribution is -0.337. The van der Waals surface area contributed by atoms with Gasteiger partial charge >= 0.3 is 5.97 Å². The predicted molar refractivity (Wildman–Crippen MR) is 164 cm³/mol. The van der Waals surface area contributed by atoms with Crippen LogP contribution >= 0.6 is 11.3 Å². The van der Waals surface area contributed by atoms with E-state index in [-0.39, 0.29) is 28.5 Å². The number of amides is 1. The zero-order valence-corrected chi connectivity index (χ0v) is 28.7. The summed E-state index contributed by atoms with van der Waals surface area (Å²) in [4.78, 5) is 54.9. The summed E-state index contributed by atoms with van der Waals surface area (Å²) in [7, 11) is 0. The van der Waals surface area contributed by atoms with Crippen LogP contribution in [0, 0.1) is 10.8 Å². The molecule has 2 heterocycles. The van der Waals surface area contributed by atoms with Gasteiger partial charge in [-0.3, -0.25) is 14.9 Å². The molecule has 2 unspecified atom stereocenters. The minimum Gasteiger partial charge on any atom is -0.546 e. The smallest absolute Gasteiger partial charge is 0.324 e. The van der Waals surface area contributed by atoms with Gasteiger partial charge in [0.1, 0.15) is 18.2 Å². The first-order valence-corrected chi connectivity index (χ1v) is 15.6. The van der Waals surface area contributed by atoms with E-state index < -0.39 is 64.2 Å². The Kier molecular flexibility index (Phi) is 10.2. The van der Waals surface area contributed by atoms with Gasteiger partial charge in [-0.15, -0.1) is 11.3 Å². The van der Waals surface area contributed by atoms with Crippen LogP contribution in [0.1, 0.15) is 95.2 Å². The number of benzene rings is 1. The van der Waals surface area contributed by atoms with Crippen molar-refractivity contribution in [2.24, 2.45) is 10.8 Å². The Morgan fingerprint density at radius 2 is 1.61 bits per heavy atom. The average Bonchev–Trinajstić information content (AvgIpc) is 3.31. The molecule has 0 bridgehead atoms. The van der Waals surface area contributed by atoms with Crippen LogP contribution in [-0.4, -0.2) is 57.8 Å². The summed E-state index contributed by atoms with van der Waals surface area (Å²) >= 11 is 1.11. The summed E-state index contributed by atoms with van der Waals surface area (Å²) in [5.41, 5.74) is -5.99. The van der Waals surface area contributed by atoms with Crippen molar-refractivity contribution in [3.05, 3.63) is 39.3 Å². The number of aliphatic hydroxyl groups is 1. The van der Waals surface area contributed by atoms with Crippen molar-refractivity contribution in [3.63, 3.8) is 0 Å². The second kappa shape index (κ2) is 12.8. The summed E-state index contributed by atoms with van der Waals surface area (Å²) in [6, 6.07) is 3.32. The van der Waals surface area contributed by atoms with E-state index in [4.69, 9.17) is 14.2 Å². The van der Waals surface area contributed by atoms with Crippen molar-refractivity contribution >= 4 is 35.2 Å². The van der Waals surface area contributed by atoms with Gasteiger partial charge in [0.15, 0.2) is 27.8 Å². The molecule has 1 amide bonds. The number of esters is 1. The summed E-state index contributed by atoms with van der Waals surface area (Å²) < 4.78 is 17.0. The van der Waals surface area contributed by atoms with Crippen molar-refractivity contribution < 1.29 is 48.7 Å². The van der Waals surface area contributed by atoms with Gasteiger partial charge < -0.3 is 44.4 Å². The Balaban J connectivity index is 1.91. The maximum absolute atomic E-state index is 13.3. The van der Waals surface area contributed by atoms with Crippen LogP contribution in [-0.2, 0) is 37.8 Å². The van der Waals surface area contributed by atoms with E-state index >= 15 is 0 Å². The highest BCUT2D eigenvalue weighted by Gasteiger charge is 2.55. The zero-order valence-electron chi connectivity index (χ0n) is 27.9. The van der Waals surface area contributed by atoms with E-state index in [1.54, 1.807) is 62.3 Å². The first-order chi connectivity index (χ1) is 20.9. The van der Waals surface area contributed by atoms with Gasteiger partial charge in [-0.05, 0) is 39.8 Å². The number of nitrogens with zero attached hydrogens (tertiary/aromatic N) is 1. The molecule has 13 nitrogen and oxygen atoms in total. The maximum atomic E-state index is 13.3. The van der Waals surface area contributed by atoms with Gasteiger partial charge in [0, 0.05) is 34.2 Å². The average molecular weight is 662 g/mol. The fourth-order valence-electron chi connectivity index (χ4n) is 5.54. The van der Waals surface area contributed by atoms with E-state index in [2.05, 4.69) is 15.6 Å². The fourth-order valence-corrected chi connectivity index (χ4v) is 6.48. The summed E-state index contributed by atoms with van der Waals surface area (Å²) in [5.74, 6) is -4.50. The molecule has 14 heteroatoms. The van der Waals surface area contributed by atoms with Crippen molar-refractivity contribution in [2.45, 2.75) is 105 Å². The third-order valence-electron chi connectivity index (χ3n) is 7.44. The first-order valence-electron chi connectivity index (χ1n) is 14.8. The molecule has 3 N–H and O–H groups in total. The van der Waals surface area contributed by atoms with Crippen LogP contribution in [0.4, 0.5) is 0 Å². The van der Waals surface area contributed by atoms with Crippen molar-refractivity contribution in [3.8, 4) is 11.5 Å². The molecule has 1 aliphatic rings. The molecule has 0 aliphatic carbocycles. The van der Waals surface area contributed by atoms with Crippen LogP contribution in [0.25, 0.3) is 0 Å². The fraction of sp³-hybridized carbons (Fsp3) is 0.594. The van der Waals surface area contributed by atoms with Crippen LogP contribution in [0.15, 0.2) is 18.2 Å².